The van der Waals surface area contributed by atoms with E-state index >= 15 is 0 Å². The number of ether oxygens (including phenoxy) is 2. The summed E-state index contributed by atoms with van der Waals surface area (Å²) in [5.41, 5.74) is 0.558. The fourth-order valence-corrected chi connectivity index (χ4v) is 1.42. The van der Waals surface area contributed by atoms with Crippen LogP contribution in [0, 0.1) is 0 Å². The lowest BCUT2D eigenvalue weighted by molar-refractivity contribution is -0.139. The van der Waals surface area contributed by atoms with Crippen LogP contribution in [-0.2, 0) is 14.3 Å². The summed E-state index contributed by atoms with van der Waals surface area (Å²) < 4.78 is 10.3. The van der Waals surface area contributed by atoms with E-state index in [-0.39, 0.29) is 18.4 Å². The maximum absolute atomic E-state index is 11.6. The summed E-state index contributed by atoms with van der Waals surface area (Å²) in [6.45, 7) is 3.75. The Kier molecular flexibility index (Phi) is 6.52. The number of rotatable bonds is 8. The van der Waals surface area contributed by atoms with Crippen molar-refractivity contribution in [2.24, 2.45) is 0 Å². The van der Waals surface area contributed by atoms with Crippen LogP contribution in [0.1, 0.15) is 20.3 Å². The summed E-state index contributed by atoms with van der Waals surface area (Å²) in [5.74, 6) is -0.824. The van der Waals surface area contributed by atoms with Gasteiger partial charge in [0.2, 0.25) is 5.91 Å². The van der Waals surface area contributed by atoms with Gasteiger partial charge < -0.3 is 19.9 Å². The number of hydrogen-bond acceptors (Lipinski definition) is 4. The van der Waals surface area contributed by atoms with E-state index in [1.807, 2.05) is 13.8 Å². The highest BCUT2D eigenvalue weighted by molar-refractivity contribution is 5.90. The minimum atomic E-state index is -1.05. The molecule has 1 aromatic rings. The molecule has 0 heterocycles. The Morgan fingerprint density at radius 1 is 1.35 bits per heavy atom. The first-order valence-corrected chi connectivity index (χ1v) is 6.33. The number of carboxylic acids is 1. The van der Waals surface area contributed by atoms with Gasteiger partial charge in [0.25, 0.3) is 0 Å². The summed E-state index contributed by atoms with van der Waals surface area (Å²) in [5, 5.41) is 11.2. The fourth-order valence-electron chi connectivity index (χ4n) is 1.42. The largest absolute Gasteiger partial charge is 0.482 e. The molecule has 6 nitrogen and oxygen atoms in total. The lowest BCUT2D eigenvalue weighted by Gasteiger charge is -2.09. The number of carbonyl (C=O) groups excluding carboxylic acids is 1. The molecule has 2 N–H and O–H groups in total. The summed E-state index contributed by atoms with van der Waals surface area (Å²) in [7, 11) is 0. The Balaban J connectivity index is 2.44. The maximum Gasteiger partial charge on any atom is 0.341 e. The molecule has 1 rings (SSSR count). The third-order valence-electron chi connectivity index (χ3n) is 2.26. The molecule has 110 valence electrons. The van der Waals surface area contributed by atoms with Crippen LogP contribution >= 0.6 is 0 Å². The van der Waals surface area contributed by atoms with E-state index in [2.05, 4.69) is 5.32 Å². The molecule has 0 spiro atoms. The summed E-state index contributed by atoms with van der Waals surface area (Å²) in [6, 6.07) is 6.58. The predicted octanol–water partition coefficient (Wildman–Crippen LogP) is 1.90. The number of anilines is 1. The minimum absolute atomic E-state index is 0.0931. The summed E-state index contributed by atoms with van der Waals surface area (Å²) in [4.78, 5) is 22.0. The Bertz CT molecular complexity index is 459. The molecular weight excluding hydrogens is 262 g/mol. The monoisotopic (exact) mass is 281 g/mol. The first kappa shape index (κ1) is 16.0. The van der Waals surface area contributed by atoms with Crippen LogP contribution in [0.25, 0.3) is 0 Å². The number of hydrogen-bond donors (Lipinski definition) is 2. The van der Waals surface area contributed by atoms with Crippen LogP contribution in [0.2, 0.25) is 0 Å². The first-order valence-electron chi connectivity index (χ1n) is 6.33. The van der Waals surface area contributed by atoms with Crippen molar-refractivity contribution in [2.75, 3.05) is 18.5 Å². The Morgan fingerprint density at radius 2 is 2.10 bits per heavy atom. The predicted molar refractivity (Wildman–Crippen MR) is 73.9 cm³/mol. The van der Waals surface area contributed by atoms with Gasteiger partial charge >= 0.3 is 5.97 Å². The number of carboxylic acid groups (broad SMARTS) is 1. The number of nitrogens with one attached hydrogen (secondary N) is 1. The second kappa shape index (κ2) is 8.16. The molecule has 1 aromatic carbocycles. The van der Waals surface area contributed by atoms with E-state index in [4.69, 9.17) is 14.6 Å². The van der Waals surface area contributed by atoms with Crippen molar-refractivity contribution in [1.29, 1.82) is 0 Å². The zero-order valence-corrected chi connectivity index (χ0v) is 11.6. The standard InChI is InChI=1S/C14H19NO5/c1-10(2)19-7-6-13(16)15-11-4-3-5-12(8-11)20-9-14(17)18/h3-5,8,10H,6-7,9H2,1-2H3,(H,15,16)(H,17,18). The number of aliphatic carboxylic acids is 1. The van der Waals surface area contributed by atoms with Crippen LogP contribution in [0.5, 0.6) is 5.75 Å². The molecule has 0 aliphatic heterocycles. The molecule has 0 unspecified atom stereocenters. The average molecular weight is 281 g/mol. The molecule has 0 radical (unpaired) electrons. The van der Waals surface area contributed by atoms with Gasteiger partial charge in [-0.1, -0.05) is 6.07 Å². The van der Waals surface area contributed by atoms with Crippen molar-refractivity contribution < 1.29 is 24.2 Å². The summed E-state index contributed by atoms with van der Waals surface area (Å²) in [6.07, 6.45) is 0.355. The van der Waals surface area contributed by atoms with Crippen LogP contribution in [0.3, 0.4) is 0 Å². The van der Waals surface area contributed by atoms with Gasteiger partial charge in [-0.25, -0.2) is 4.79 Å². The highest BCUT2D eigenvalue weighted by Gasteiger charge is 2.05. The molecule has 0 bridgehead atoms. The second-order valence-corrected chi connectivity index (χ2v) is 4.43. The van der Waals surface area contributed by atoms with Gasteiger partial charge in [0.05, 0.1) is 19.1 Å². The van der Waals surface area contributed by atoms with Crippen LogP contribution in [0.15, 0.2) is 24.3 Å². The molecule has 0 saturated carbocycles. The van der Waals surface area contributed by atoms with Crippen molar-refractivity contribution in [3.63, 3.8) is 0 Å². The number of amides is 1. The van der Waals surface area contributed by atoms with Crippen molar-refractivity contribution >= 4 is 17.6 Å². The van der Waals surface area contributed by atoms with Gasteiger partial charge in [0.15, 0.2) is 6.61 Å². The van der Waals surface area contributed by atoms with Gasteiger partial charge in [-0.05, 0) is 26.0 Å². The fraction of sp³-hybridized carbons (Fsp3) is 0.429. The van der Waals surface area contributed by atoms with Crippen molar-refractivity contribution in [3.05, 3.63) is 24.3 Å². The molecule has 0 aliphatic rings. The molecule has 0 fully saturated rings. The molecule has 20 heavy (non-hydrogen) atoms. The highest BCUT2D eigenvalue weighted by atomic mass is 16.5. The zero-order chi connectivity index (χ0) is 15.0. The van der Waals surface area contributed by atoms with Gasteiger partial charge in [0, 0.05) is 11.8 Å². The van der Waals surface area contributed by atoms with Crippen LogP contribution in [-0.4, -0.2) is 36.3 Å². The van der Waals surface area contributed by atoms with E-state index in [0.717, 1.165) is 0 Å². The Morgan fingerprint density at radius 3 is 2.75 bits per heavy atom. The van der Waals surface area contributed by atoms with Crippen molar-refractivity contribution in [3.8, 4) is 5.75 Å². The SMILES string of the molecule is CC(C)OCCC(=O)Nc1cccc(OCC(=O)O)c1. The molecular formula is C14H19NO5. The van der Waals surface area contributed by atoms with Gasteiger partial charge in [0.1, 0.15) is 5.75 Å². The molecule has 0 saturated heterocycles. The normalized spacial score (nSPS) is 10.3. The molecule has 6 heteroatoms. The van der Waals surface area contributed by atoms with E-state index in [9.17, 15) is 9.59 Å². The molecule has 1 amide bonds. The topological polar surface area (TPSA) is 84.9 Å². The van der Waals surface area contributed by atoms with E-state index < -0.39 is 12.6 Å². The smallest absolute Gasteiger partial charge is 0.341 e. The molecule has 0 atom stereocenters. The lowest BCUT2D eigenvalue weighted by atomic mass is 10.3. The second-order valence-electron chi connectivity index (χ2n) is 4.43. The Labute approximate surface area is 117 Å². The van der Waals surface area contributed by atoms with Crippen molar-refractivity contribution in [1.82, 2.24) is 0 Å². The lowest BCUT2D eigenvalue weighted by Crippen LogP contribution is -2.16. The van der Waals surface area contributed by atoms with Gasteiger partial charge in [-0.15, -0.1) is 0 Å². The summed E-state index contributed by atoms with van der Waals surface area (Å²) >= 11 is 0. The third kappa shape index (κ3) is 6.75. The number of benzene rings is 1. The van der Waals surface area contributed by atoms with E-state index in [0.29, 0.717) is 18.0 Å². The van der Waals surface area contributed by atoms with E-state index in [1.54, 1.807) is 24.3 Å². The van der Waals surface area contributed by atoms with Crippen LogP contribution in [0.4, 0.5) is 5.69 Å². The quantitative estimate of drug-likeness (QED) is 0.760. The number of carbonyl (C=O) groups is 2. The van der Waals surface area contributed by atoms with Gasteiger partial charge in [-0.3, -0.25) is 4.79 Å². The van der Waals surface area contributed by atoms with Crippen LogP contribution < -0.4 is 10.1 Å². The molecule has 0 aliphatic carbocycles. The maximum atomic E-state index is 11.6. The average Bonchev–Trinajstić information content (AvgIpc) is 2.36. The Hall–Kier alpha value is -2.08. The zero-order valence-electron chi connectivity index (χ0n) is 11.6. The molecule has 0 aromatic heterocycles. The van der Waals surface area contributed by atoms with Crippen molar-refractivity contribution in [2.45, 2.75) is 26.4 Å². The van der Waals surface area contributed by atoms with Gasteiger partial charge in [-0.2, -0.15) is 0 Å². The van der Waals surface area contributed by atoms with E-state index in [1.165, 1.54) is 0 Å². The third-order valence-corrected chi connectivity index (χ3v) is 2.26. The highest BCUT2D eigenvalue weighted by Crippen LogP contribution is 2.17. The first-order chi connectivity index (χ1) is 9.47. The minimum Gasteiger partial charge on any atom is -0.482 e.